The van der Waals surface area contributed by atoms with Gasteiger partial charge in [-0.1, -0.05) is 55.4 Å². The summed E-state index contributed by atoms with van der Waals surface area (Å²) in [7, 11) is 0. The van der Waals surface area contributed by atoms with E-state index in [4.69, 9.17) is 5.10 Å². The van der Waals surface area contributed by atoms with Crippen molar-refractivity contribution in [1.82, 2.24) is 9.78 Å². The Kier molecular flexibility index (Phi) is 5.65. The Balaban J connectivity index is 0.00000106. The SMILES string of the molecule is CC.CC(C)(C)c1cc(C(C)(C)C)n(CC2CC(O)C2)n1. The second-order valence-corrected chi connectivity index (χ2v) is 8.09. The summed E-state index contributed by atoms with van der Waals surface area (Å²) in [5, 5.41) is 14.3. The minimum absolute atomic E-state index is 0.0827. The lowest BCUT2D eigenvalue weighted by molar-refractivity contribution is 0.0328. The quantitative estimate of drug-likeness (QED) is 0.884. The zero-order valence-electron chi connectivity index (χ0n) is 15.2. The standard InChI is InChI=1S/C16H28N2O.C2H6/c1-15(2,3)13-9-14(16(4,5)6)18(17-13)10-11-7-12(19)8-11;1-2/h9,11-12,19H,7-8,10H2,1-6H3;1-2H3. The van der Waals surface area contributed by atoms with Gasteiger partial charge in [0.05, 0.1) is 11.8 Å². The summed E-state index contributed by atoms with van der Waals surface area (Å²) >= 11 is 0. The van der Waals surface area contributed by atoms with Crippen LogP contribution in [0.3, 0.4) is 0 Å². The molecule has 3 heteroatoms. The first-order valence-corrected chi connectivity index (χ1v) is 8.34. The molecule has 0 spiro atoms. The van der Waals surface area contributed by atoms with Crippen LogP contribution in [-0.4, -0.2) is 21.0 Å². The van der Waals surface area contributed by atoms with Crippen molar-refractivity contribution in [2.45, 2.75) is 91.7 Å². The Morgan fingerprint density at radius 2 is 1.62 bits per heavy atom. The maximum atomic E-state index is 9.43. The topological polar surface area (TPSA) is 38.0 Å². The Morgan fingerprint density at radius 3 is 2.00 bits per heavy atom. The number of aliphatic hydroxyl groups is 1. The molecular weight excluding hydrogens is 260 g/mol. The van der Waals surface area contributed by atoms with Crippen molar-refractivity contribution >= 4 is 0 Å². The minimum Gasteiger partial charge on any atom is -0.393 e. The van der Waals surface area contributed by atoms with E-state index in [-0.39, 0.29) is 16.9 Å². The monoisotopic (exact) mass is 294 g/mol. The summed E-state index contributed by atoms with van der Waals surface area (Å²) in [6.45, 7) is 18.3. The first-order chi connectivity index (χ1) is 9.57. The molecule has 0 radical (unpaired) electrons. The van der Waals surface area contributed by atoms with E-state index in [1.165, 1.54) is 5.69 Å². The van der Waals surface area contributed by atoms with Crippen LogP contribution in [0.1, 0.15) is 79.6 Å². The number of nitrogens with zero attached hydrogens (tertiary/aromatic N) is 2. The van der Waals surface area contributed by atoms with Gasteiger partial charge in [0, 0.05) is 23.1 Å². The first kappa shape index (κ1) is 18.2. The van der Waals surface area contributed by atoms with Gasteiger partial charge in [-0.2, -0.15) is 5.10 Å². The highest BCUT2D eigenvalue weighted by Gasteiger charge is 2.31. The van der Waals surface area contributed by atoms with E-state index in [0.29, 0.717) is 5.92 Å². The van der Waals surface area contributed by atoms with Gasteiger partial charge < -0.3 is 5.11 Å². The minimum atomic E-state index is -0.0827. The molecule has 21 heavy (non-hydrogen) atoms. The second-order valence-electron chi connectivity index (χ2n) is 8.09. The van der Waals surface area contributed by atoms with E-state index in [9.17, 15) is 5.11 Å². The van der Waals surface area contributed by atoms with Crippen LogP contribution in [0.25, 0.3) is 0 Å². The van der Waals surface area contributed by atoms with Crippen molar-refractivity contribution in [3.05, 3.63) is 17.5 Å². The van der Waals surface area contributed by atoms with E-state index in [1.807, 2.05) is 13.8 Å². The molecule has 1 saturated carbocycles. The highest BCUT2D eigenvalue weighted by atomic mass is 16.3. The van der Waals surface area contributed by atoms with Crippen molar-refractivity contribution in [2.75, 3.05) is 0 Å². The van der Waals surface area contributed by atoms with Gasteiger partial charge in [0.1, 0.15) is 0 Å². The van der Waals surface area contributed by atoms with Crippen LogP contribution in [0.15, 0.2) is 6.07 Å². The van der Waals surface area contributed by atoms with E-state index in [2.05, 4.69) is 52.3 Å². The molecule has 0 aromatic carbocycles. The third-order valence-corrected chi connectivity index (χ3v) is 3.96. The van der Waals surface area contributed by atoms with Crippen LogP contribution < -0.4 is 0 Å². The number of aliphatic hydroxyl groups excluding tert-OH is 1. The molecule has 3 nitrogen and oxygen atoms in total. The average molecular weight is 294 g/mol. The fourth-order valence-electron chi connectivity index (χ4n) is 2.62. The highest BCUT2D eigenvalue weighted by molar-refractivity contribution is 5.22. The van der Waals surface area contributed by atoms with Gasteiger partial charge in [-0.25, -0.2) is 0 Å². The van der Waals surface area contributed by atoms with Crippen molar-refractivity contribution in [3.8, 4) is 0 Å². The smallest absolute Gasteiger partial charge is 0.0681 e. The summed E-state index contributed by atoms with van der Waals surface area (Å²) in [5.74, 6) is 0.587. The molecule has 0 atom stereocenters. The lowest BCUT2D eigenvalue weighted by atomic mass is 9.82. The molecule has 1 aliphatic carbocycles. The van der Waals surface area contributed by atoms with Crippen LogP contribution >= 0.6 is 0 Å². The molecule has 0 amide bonds. The van der Waals surface area contributed by atoms with E-state index in [0.717, 1.165) is 25.1 Å². The predicted molar refractivity (Wildman–Crippen MR) is 89.7 cm³/mol. The molecule has 1 N–H and O–H groups in total. The van der Waals surface area contributed by atoms with Gasteiger partial charge in [0.2, 0.25) is 0 Å². The Hall–Kier alpha value is -0.830. The maximum absolute atomic E-state index is 9.43. The third-order valence-electron chi connectivity index (χ3n) is 3.96. The summed E-state index contributed by atoms with van der Waals surface area (Å²) < 4.78 is 2.18. The fourth-order valence-corrected chi connectivity index (χ4v) is 2.62. The predicted octanol–water partition coefficient (Wildman–Crippen LogP) is 4.28. The molecular formula is C18H34N2O. The van der Waals surface area contributed by atoms with E-state index in [1.54, 1.807) is 0 Å². The van der Waals surface area contributed by atoms with Crippen LogP contribution in [0.2, 0.25) is 0 Å². The normalized spacial score (nSPS) is 22.3. The fraction of sp³-hybridized carbons (Fsp3) is 0.833. The zero-order valence-corrected chi connectivity index (χ0v) is 15.2. The highest BCUT2D eigenvalue weighted by Crippen LogP contribution is 2.33. The van der Waals surface area contributed by atoms with Gasteiger partial charge in [0.15, 0.2) is 0 Å². The summed E-state index contributed by atoms with van der Waals surface area (Å²) in [6.07, 6.45) is 1.77. The van der Waals surface area contributed by atoms with Gasteiger partial charge in [0.25, 0.3) is 0 Å². The van der Waals surface area contributed by atoms with Crippen LogP contribution in [-0.2, 0) is 17.4 Å². The molecule has 0 unspecified atom stereocenters. The molecule has 1 aliphatic rings. The summed E-state index contributed by atoms with van der Waals surface area (Å²) in [6, 6.07) is 2.26. The van der Waals surface area contributed by atoms with Gasteiger partial charge in [-0.3, -0.25) is 4.68 Å². The largest absolute Gasteiger partial charge is 0.393 e. The Morgan fingerprint density at radius 1 is 1.10 bits per heavy atom. The molecule has 1 aromatic rings. The molecule has 1 fully saturated rings. The number of hydrogen-bond acceptors (Lipinski definition) is 2. The number of aromatic nitrogens is 2. The molecule has 1 aromatic heterocycles. The van der Waals surface area contributed by atoms with Crippen molar-refractivity contribution in [1.29, 1.82) is 0 Å². The first-order valence-electron chi connectivity index (χ1n) is 8.34. The van der Waals surface area contributed by atoms with Crippen molar-refractivity contribution in [2.24, 2.45) is 5.92 Å². The van der Waals surface area contributed by atoms with Gasteiger partial charge >= 0.3 is 0 Å². The lowest BCUT2D eigenvalue weighted by Crippen LogP contribution is -2.33. The van der Waals surface area contributed by atoms with Crippen LogP contribution in [0.5, 0.6) is 0 Å². The second kappa shape index (κ2) is 6.51. The molecule has 0 aliphatic heterocycles. The van der Waals surface area contributed by atoms with Crippen LogP contribution in [0.4, 0.5) is 0 Å². The zero-order chi connectivity index (χ0) is 16.4. The van der Waals surface area contributed by atoms with Gasteiger partial charge in [-0.15, -0.1) is 0 Å². The van der Waals surface area contributed by atoms with Crippen molar-refractivity contribution < 1.29 is 5.11 Å². The van der Waals surface area contributed by atoms with E-state index < -0.39 is 0 Å². The molecule has 1 heterocycles. The molecule has 0 saturated heterocycles. The third kappa shape index (κ3) is 4.57. The summed E-state index contributed by atoms with van der Waals surface area (Å²) in [5.41, 5.74) is 2.67. The van der Waals surface area contributed by atoms with E-state index >= 15 is 0 Å². The molecule has 122 valence electrons. The number of rotatable bonds is 2. The van der Waals surface area contributed by atoms with Gasteiger partial charge in [-0.05, 0) is 24.8 Å². The maximum Gasteiger partial charge on any atom is 0.0681 e. The van der Waals surface area contributed by atoms with Crippen molar-refractivity contribution in [3.63, 3.8) is 0 Å². The van der Waals surface area contributed by atoms with Crippen LogP contribution in [0, 0.1) is 5.92 Å². The molecule has 0 bridgehead atoms. The summed E-state index contributed by atoms with van der Waals surface area (Å²) in [4.78, 5) is 0. The average Bonchev–Trinajstić information content (AvgIpc) is 2.73. The molecule has 2 rings (SSSR count). The Bertz CT molecular complexity index is 443. The lowest BCUT2D eigenvalue weighted by Gasteiger charge is -2.32. The number of hydrogen-bond donors (Lipinski definition) is 1. The Labute approximate surface area is 130 Å².